The number of likely N-dealkylation sites (tertiary alicyclic amines) is 1. The minimum absolute atomic E-state index is 0.136. The topological polar surface area (TPSA) is 32.3 Å². The van der Waals surface area contributed by atoms with Crippen LogP contribution < -0.4 is 5.32 Å². The van der Waals surface area contributed by atoms with Gasteiger partial charge in [0.15, 0.2) is 0 Å². The summed E-state index contributed by atoms with van der Waals surface area (Å²) in [5.74, 6) is 0.136. The Morgan fingerprint density at radius 2 is 2.29 bits per heavy atom. The molecule has 2 rings (SSSR count). The molecule has 4 heteroatoms. The first-order valence-electron chi connectivity index (χ1n) is 7.94. The van der Waals surface area contributed by atoms with E-state index in [-0.39, 0.29) is 5.91 Å². The van der Waals surface area contributed by atoms with Crippen molar-refractivity contribution in [1.29, 1.82) is 0 Å². The number of benzene rings is 1. The zero-order valence-electron chi connectivity index (χ0n) is 12.8. The molecule has 3 nitrogen and oxygen atoms in total. The van der Waals surface area contributed by atoms with E-state index in [9.17, 15) is 4.79 Å². The van der Waals surface area contributed by atoms with Crippen molar-refractivity contribution < 1.29 is 4.79 Å². The van der Waals surface area contributed by atoms with Crippen LogP contribution in [0.4, 0.5) is 0 Å². The Morgan fingerprint density at radius 1 is 1.43 bits per heavy atom. The Balaban J connectivity index is 1.72. The second kappa shape index (κ2) is 8.40. The number of carbonyl (C=O) groups excluding carboxylic acids is 1. The van der Waals surface area contributed by atoms with E-state index in [0.29, 0.717) is 19.1 Å². The van der Waals surface area contributed by atoms with E-state index in [0.717, 1.165) is 30.0 Å². The predicted molar refractivity (Wildman–Crippen MR) is 87.7 cm³/mol. The predicted octanol–water partition coefficient (Wildman–Crippen LogP) is 3.26. The standard InChI is InChI=1S/C17H25ClN2O/c1-2-16-8-3-4-11-20(16)13-17(21)19-10-9-14-6-5-7-15(18)12-14/h5-7,12,16H,2-4,8-11,13H2,1H3,(H,19,21). The lowest BCUT2D eigenvalue weighted by Crippen LogP contribution is -2.45. The number of amides is 1. The van der Waals surface area contributed by atoms with E-state index in [4.69, 9.17) is 11.6 Å². The van der Waals surface area contributed by atoms with Crippen molar-refractivity contribution in [2.45, 2.75) is 45.1 Å². The Kier molecular flexibility index (Phi) is 6.52. The van der Waals surface area contributed by atoms with Crippen LogP contribution in [-0.4, -0.2) is 36.5 Å². The maximum atomic E-state index is 12.1. The number of piperidine rings is 1. The summed E-state index contributed by atoms with van der Waals surface area (Å²) >= 11 is 5.95. The van der Waals surface area contributed by atoms with Crippen molar-refractivity contribution in [3.8, 4) is 0 Å². The van der Waals surface area contributed by atoms with Gasteiger partial charge < -0.3 is 5.32 Å². The fraction of sp³-hybridized carbons (Fsp3) is 0.588. The summed E-state index contributed by atoms with van der Waals surface area (Å²) in [6.45, 7) is 4.47. The molecule has 0 spiro atoms. The van der Waals surface area contributed by atoms with E-state index in [2.05, 4.69) is 17.1 Å². The van der Waals surface area contributed by atoms with Crippen LogP contribution in [0.15, 0.2) is 24.3 Å². The van der Waals surface area contributed by atoms with Gasteiger partial charge in [0.1, 0.15) is 0 Å². The first-order valence-corrected chi connectivity index (χ1v) is 8.32. The number of carbonyl (C=O) groups is 1. The Bertz CT molecular complexity index is 464. The van der Waals surface area contributed by atoms with Crippen LogP contribution in [0.3, 0.4) is 0 Å². The normalized spacial score (nSPS) is 19.4. The Morgan fingerprint density at radius 3 is 3.05 bits per heavy atom. The maximum Gasteiger partial charge on any atom is 0.234 e. The molecular weight excluding hydrogens is 284 g/mol. The van der Waals surface area contributed by atoms with Gasteiger partial charge in [-0.15, -0.1) is 0 Å². The SMILES string of the molecule is CCC1CCCCN1CC(=O)NCCc1cccc(Cl)c1. The molecule has 21 heavy (non-hydrogen) atoms. The second-order valence-corrected chi connectivity index (χ2v) is 6.19. The van der Waals surface area contributed by atoms with Crippen LogP contribution in [0, 0.1) is 0 Å². The molecule has 116 valence electrons. The largest absolute Gasteiger partial charge is 0.355 e. The molecule has 1 aromatic rings. The van der Waals surface area contributed by atoms with Gasteiger partial charge in [-0.2, -0.15) is 0 Å². The van der Waals surface area contributed by atoms with Crippen LogP contribution in [0.5, 0.6) is 0 Å². The molecule has 1 unspecified atom stereocenters. The summed E-state index contributed by atoms with van der Waals surface area (Å²) in [5, 5.41) is 3.77. The lowest BCUT2D eigenvalue weighted by atomic mass is 10.00. The molecule has 1 N–H and O–H groups in total. The molecule has 0 saturated carbocycles. The lowest BCUT2D eigenvalue weighted by Gasteiger charge is -2.34. The van der Waals surface area contributed by atoms with Crippen molar-refractivity contribution in [3.05, 3.63) is 34.9 Å². The molecule has 1 saturated heterocycles. The number of nitrogens with one attached hydrogen (secondary N) is 1. The molecule has 1 aliphatic heterocycles. The van der Waals surface area contributed by atoms with Gasteiger partial charge in [0.25, 0.3) is 0 Å². The van der Waals surface area contributed by atoms with Crippen LogP contribution in [0.25, 0.3) is 0 Å². The van der Waals surface area contributed by atoms with E-state index >= 15 is 0 Å². The van der Waals surface area contributed by atoms with Crippen molar-refractivity contribution in [3.63, 3.8) is 0 Å². The molecule has 1 amide bonds. The summed E-state index contributed by atoms with van der Waals surface area (Å²) in [6.07, 6.45) is 5.70. The fourth-order valence-electron chi connectivity index (χ4n) is 3.01. The highest BCUT2D eigenvalue weighted by Gasteiger charge is 2.22. The Labute approximate surface area is 132 Å². The molecule has 0 bridgehead atoms. The smallest absolute Gasteiger partial charge is 0.234 e. The van der Waals surface area contributed by atoms with Gasteiger partial charge >= 0.3 is 0 Å². The van der Waals surface area contributed by atoms with E-state index in [1.807, 2.05) is 24.3 Å². The summed E-state index contributed by atoms with van der Waals surface area (Å²) in [6, 6.07) is 8.38. The Hall–Kier alpha value is -1.06. The highest BCUT2D eigenvalue weighted by atomic mass is 35.5. The third-order valence-electron chi connectivity index (χ3n) is 4.19. The molecule has 0 aliphatic carbocycles. The zero-order chi connectivity index (χ0) is 15.1. The number of rotatable bonds is 6. The van der Waals surface area contributed by atoms with Crippen LogP contribution in [0.1, 0.15) is 38.2 Å². The van der Waals surface area contributed by atoms with Gasteiger partial charge in [0.05, 0.1) is 6.54 Å². The average Bonchev–Trinajstić information content (AvgIpc) is 2.48. The third-order valence-corrected chi connectivity index (χ3v) is 4.43. The molecule has 1 atom stereocenters. The highest BCUT2D eigenvalue weighted by Crippen LogP contribution is 2.18. The summed E-state index contributed by atoms with van der Waals surface area (Å²) in [7, 11) is 0. The monoisotopic (exact) mass is 308 g/mol. The minimum Gasteiger partial charge on any atom is -0.355 e. The lowest BCUT2D eigenvalue weighted by molar-refractivity contribution is -0.123. The number of hydrogen-bond acceptors (Lipinski definition) is 2. The molecular formula is C17H25ClN2O. The second-order valence-electron chi connectivity index (χ2n) is 5.76. The zero-order valence-corrected chi connectivity index (χ0v) is 13.5. The summed E-state index contributed by atoms with van der Waals surface area (Å²) in [4.78, 5) is 14.4. The van der Waals surface area contributed by atoms with Gasteiger partial charge in [-0.05, 0) is 49.9 Å². The number of halogens is 1. The molecule has 1 aromatic carbocycles. The molecule has 1 aliphatic rings. The van der Waals surface area contributed by atoms with Gasteiger partial charge in [-0.3, -0.25) is 9.69 Å². The number of hydrogen-bond donors (Lipinski definition) is 1. The first kappa shape index (κ1) is 16.3. The van der Waals surface area contributed by atoms with E-state index in [1.54, 1.807) is 0 Å². The van der Waals surface area contributed by atoms with Crippen molar-refractivity contribution in [2.75, 3.05) is 19.6 Å². The number of nitrogens with zero attached hydrogens (tertiary/aromatic N) is 1. The molecule has 1 heterocycles. The van der Waals surface area contributed by atoms with Gasteiger partial charge in [0, 0.05) is 17.6 Å². The van der Waals surface area contributed by atoms with Gasteiger partial charge in [0.2, 0.25) is 5.91 Å². The van der Waals surface area contributed by atoms with Crippen molar-refractivity contribution >= 4 is 17.5 Å². The minimum atomic E-state index is 0.136. The summed E-state index contributed by atoms with van der Waals surface area (Å²) in [5.41, 5.74) is 1.16. The quantitative estimate of drug-likeness (QED) is 0.875. The van der Waals surface area contributed by atoms with Gasteiger partial charge in [-0.1, -0.05) is 37.1 Å². The molecule has 1 fully saturated rings. The highest BCUT2D eigenvalue weighted by molar-refractivity contribution is 6.30. The molecule has 0 aromatic heterocycles. The van der Waals surface area contributed by atoms with Crippen LogP contribution in [0.2, 0.25) is 5.02 Å². The average molecular weight is 309 g/mol. The maximum absolute atomic E-state index is 12.1. The molecule has 0 radical (unpaired) electrons. The third kappa shape index (κ3) is 5.33. The van der Waals surface area contributed by atoms with E-state index < -0.39 is 0 Å². The first-order chi connectivity index (χ1) is 10.2. The van der Waals surface area contributed by atoms with Gasteiger partial charge in [-0.25, -0.2) is 0 Å². The van der Waals surface area contributed by atoms with Crippen molar-refractivity contribution in [2.24, 2.45) is 0 Å². The summed E-state index contributed by atoms with van der Waals surface area (Å²) < 4.78 is 0. The van der Waals surface area contributed by atoms with Crippen LogP contribution >= 0.6 is 11.6 Å². The van der Waals surface area contributed by atoms with Crippen molar-refractivity contribution in [1.82, 2.24) is 10.2 Å². The van der Waals surface area contributed by atoms with Crippen LogP contribution in [-0.2, 0) is 11.2 Å². The fourth-order valence-corrected chi connectivity index (χ4v) is 3.22. The van der Waals surface area contributed by atoms with E-state index in [1.165, 1.54) is 19.3 Å².